The van der Waals surface area contributed by atoms with E-state index in [1.54, 1.807) is 12.1 Å². The second-order valence-corrected chi connectivity index (χ2v) is 7.41. The summed E-state index contributed by atoms with van der Waals surface area (Å²) < 4.78 is 13.1. The van der Waals surface area contributed by atoms with Gasteiger partial charge in [0, 0.05) is 45.0 Å². The highest BCUT2D eigenvalue weighted by Crippen LogP contribution is 2.21. The lowest BCUT2D eigenvalue weighted by Crippen LogP contribution is -2.46. The Labute approximate surface area is 168 Å². The molecule has 0 aromatic heterocycles. The highest BCUT2D eigenvalue weighted by Gasteiger charge is 2.16. The van der Waals surface area contributed by atoms with E-state index in [1.165, 1.54) is 24.2 Å². The van der Waals surface area contributed by atoms with E-state index < -0.39 is 0 Å². The molecule has 4 nitrogen and oxygen atoms in total. The van der Waals surface area contributed by atoms with Gasteiger partial charge in [-0.25, -0.2) is 4.39 Å². The Morgan fingerprint density at radius 3 is 2.11 bits per heavy atom. The maximum Gasteiger partial charge on any atom is 0.123 e. The monoisotopic (exact) mass is 384 g/mol. The fourth-order valence-electron chi connectivity index (χ4n) is 3.62. The largest absolute Gasteiger partial charge is 0.383 e. The molecule has 2 N–H and O–H groups in total. The third kappa shape index (κ3) is 6.13. The van der Waals surface area contributed by atoms with Gasteiger partial charge in [-0.05, 0) is 62.2 Å². The van der Waals surface area contributed by atoms with Crippen LogP contribution in [-0.2, 0) is 0 Å². The van der Waals surface area contributed by atoms with Crippen molar-refractivity contribution in [1.82, 2.24) is 4.90 Å². The van der Waals surface area contributed by atoms with Gasteiger partial charge in [0.2, 0.25) is 0 Å². The second-order valence-electron chi connectivity index (χ2n) is 7.41. The Morgan fingerprint density at radius 1 is 0.821 bits per heavy atom. The van der Waals surface area contributed by atoms with Crippen molar-refractivity contribution in [2.75, 3.05) is 61.3 Å². The van der Waals surface area contributed by atoms with Crippen LogP contribution in [0.5, 0.6) is 0 Å². The summed E-state index contributed by atoms with van der Waals surface area (Å²) in [5.74, 6) is -0.167. The van der Waals surface area contributed by atoms with E-state index in [1.807, 2.05) is 12.1 Å². The van der Waals surface area contributed by atoms with Gasteiger partial charge in [0.15, 0.2) is 0 Å². The fourth-order valence-corrected chi connectivity index (χ4v) is 3.62. The van der Waals surface area contributed by atoms with E-state index in [-0.39, 0.29) is 5.82 Å². The normalized spacial score (nSPS) is 14.9. The molecule has 0 atom stereocenters. The Morgan fingerprint density at radius 2 is 1.46 bits per heavy atom. The number of unbranched alkanes of at least 4 members (excludes halogenated alkanes) is 1. The Kier molecular flexibility index (Phi) is 7.97. The average Bonchev–Trinajstić information content (AvgIpc) is 2.74. The highest BCUT2D eigenvalue weighted by atomic mass is 19.1. The van der Waals surface area contributed by atoms with E-state index in [0.717, 1.165) is 57.9 Å². The first-order valence-electron chi connectivity index (χ1n) is 10.6. The summed E-state index contributed by atoms with van der Waals surface area (Å²) in [4.78, 5) is 4.88. The number of hydrogen-bond acceptors (Lipinski definition) is 4. The van der Waals surface area contributed by atoms with E-state index in [0.29, 0.717) is 0 Å². The molecule has 0 unspecified atom stereocenters. The van der Waals surface area contributed by atoms with Gasteiger partial charge < -0.3 is 15.5 Å². The average molecular weight is 385 g/mol. The molecule has 3 rings (SSSR count). The van der Waals surface area contributed by atoms with Gasteiger partial charge in [0.05, 0.1) is 11.4 Å². The van der Waals surface area contributed by atoms with Crippen LogP contribution < -0.4 is 15.5 Å². The zero-order valence-corrected chi connectivity index (χ0v) is 17.0. The zero-order valence-electron chi connectivity index (χ0n) is 17.0. The van der Waals surface area contributed by atoms with Crippen LogP contribution >= 0.6 is 0 Å². The van der Waals surface area contributed by atoms with Gasteiger partial charge in [0.1, 0.15) is 5.82 Å². The molecule has 1 aliphatic rings. The smallest absolute Gasteiger partial charge is 0.123 e. The van der Waals surface area contributed by atoms with Crippen LogP contribution in [0.2, 0.25) is 0 Å². The Hall–Kier alpha value is -2.27. The first-order chi connectivity index (χ1) is 13.8. The molecule has 1 saturated heterocycles. The summed E-state index contributed by atoms with van der Waals surface area (Å²) in [6.07, 6.45) is 3.50. The number of rotatable bonds is 10. The van der Waals surface area contributed by atoms with Crippen LogP contribution in [0.4, 0.5) is 21.5 Å². The molecule has 152 valence electrons. The summed E-state index contributed by atoms with van der Waals surface area (Å²) in [7, 11) is 0. The molecule has 1 aliphatic heterocycles. The minimum Gasteiger partial charge on any atom is -0.383 e. The van der Waals surface area contributed by atoms with Crippen LogP contribution in [0.1, 0.15) is 26.2 Å². The third-order valence-corrected chi connectivity index (χ3v) is 5.27. The van der Waals surface area contributed by atoms with Gasteiger partial charge in [-0.15, -0.1) is 0 Å². The topological polar surface area (TPSA) is 30.5 Å². The molecule has 28 heavy (non-hydrogen) atoms. The summed E-state index contributed by atoms with van der Waals surface area (Å²) in [5, 5.41) is 7.05. The van der Waals surface area contributed by atoms with Crippen LogP contribution in [0.3, 0.4) is 0 Å². The predicted octanol–water partition coefficient (Wildman–Crippen LogP) is 4.66. The zero-order chi connectivity index (χ0) is 19.6. The number of benzene rings is 2. The molecule has 2 aromatic carbocycles. The minimum atomic E-state index is -0.167. The summed E-state index contributed by atoms with van der Waals surface area (Å²) >= 11 is 0. The van der Waals surface area contributed by atoms with Crippen LogP contribution in [0.25, 0.3) is 0 Å². The third-order valence-electron chi connectivity index (χ3n) is 5.27. The van der Waals surface area contributed by atoms with Crippen molar-refractivity contribution in [1.29, 1.82) is 0 Å². The Balaban J connectivity index is 1.32. The molecule has 0 amide bonds. The van der Waals surface area contributed by atoms with E-state index in [2.05, 4.69) is 51.6 Å². The Bertz CT molecular complexity index is 696. The summed E-state index contributed by atoms with van der Waals surface area (Å²) in [6, 6.07) is 15.3. The van der Waals surface area contributed by atoms with Crippen LogP contribution in [-0.4, -0.2) is 50.7 Å². The van der Waals surface area contributed by atoms with Crippen molar-refractivity contribution in [2.24, 2.45) is 0 Å². The minimum absolute atomic E-state index is 0.167. The first-order valence-corrected chi connectivity index (χ1v) is 10.6. The molecule has 0 bridgehead atoms. The molecule has 1 fully saturated rings. The van der Waals surface area contributed by atoms with Crippen LogP contribution in [0.15, 0.2) is 48.5 Å². The summed E-state index contributed by atoms with van der Waals surface area (Å²) in [5.41, 5.74) is 3.52. The molecule has 5 heteroatoms. The highest BCUT2D eigenvalue weighted by molar-refractivity contribution is 5.68. The van der Waals surface area contributed by atoms with E-state index >= 15 is 0 Å². The van der Waals surface area contributed by atoms with E-state index in [9.17, 15) is 4.39 Å². The molecule has 1 heterocycles. The van der Waals surface area contributed by atoms with Crippen molar-refractivity contribution < 1.29 is 4.39 Å². The van der Waals surface area contributed by atoms with Gasteiger partial charge in [0.25, 0.3) is 0 Å². The molecule has 0 aliphatic carbocycles. The maximum absolute atomic E-state index is 13.1. The predicted molar refractivity (Wildman–Crippen MR) is 118 cm³/mol. The molecular formula is C23H33FN4. The lowest BCUT2D eigenvalue weighted by molar-refractivity contribution is 0.254. The van der Waals surface area contributed by atoms with Crippen molar-refractivity contribution in [3.8, 4) is 0 Å². The van der Waals surface area contributed by atoms with Crippen molar-refractivity contribution in [2.45, 2.75) is 26.2 Å². The molecule has 0 saturated carbocycles. The van der Waals surface area contributed by atoms with E-state index in [4.69, 9.17) is 0 Å². The van der Waals surface area contributed by atoms with Gasteiger partial charge in [-0.1, -0.05) is 19.1 Å². The first kappa shape index (κ1) is 20.5. The number of halogens is 1. The number of para-hydroxylation sites is 2. The van der Waals surface area contributed by atoms with Crippen molar-refractivity contribution >= 4 is 17.1 Å². The summed E-state index contributed by atoms with van der Waals surface area (Å²) in [6.45, 7) is 9.52. The lowest BCUT2D eigenvalue weighted by atomic mass is 10.2. The number of nitrogens with zero attached hydrogens (tertiary/aromatic N) is 2. The van der Waals surface area contributed by atoms with Crippen molar-refractivity contribution in [3.63, 3.8) is 0 Å². The number of nitrogens with one attached hydrogen (secondary N) is 2. The molecule has 2 aromatic rings. The van der Waals surface area contributed by atoms with Gasteiger partial charge in [-0.3, -0.25) is 4.90 Å². The molecule has 0 spiro atoms. The number of anilines is 3. The SMILES string of the molecule is CCCNc1ccccc1NCCCCN1CCN(c2ccc(F)cc2)CC1. The van der Waals surface area contributed by atoms with Gasteiger partial charge in [-0.2, -0.15) is 0 Å². The standard InChI is InChI=1S/C23H33FN4/c1-2-13-25-22-7-3-4-8-23(22)26-14-5-6-15-27-16-18-28(19-17-27)21-11-9-20(24)10-12-21/h3-4,7-12,25-26H,2,5-6,13-19H2,1H3. The van der Waals surface area contributed by atoms with Crippen molar-refractivity contribution in [3.05, 3.63) is 54.3 Å². The number of piperazine rings is 1. The molecule has 0 radical (unpaired) electrons. The van der Waals surface area contributed by atoms with Crippen LogP contribution in [0, 0.1) is 5.82 Å². The molecular weight excluding hydrogens is 351 g/mol. The second kappa shape index (κ2) is 10.9. The van der Waals surface area contributed by atoms with Gasteiger partial charge >= 0.3 is 0 Å². The lowest BCUT2D eigenvalue weighted by Gasteiger charge is -2.36. The maximum atomic E-state index is 13.1. The quantitative estimate of drug-likeness (QED) is 0.583. The fraction of sp³-hybridized carbons (Fsp3) is 0.478. The number of hydrogen-bond donors (Lipinski definition) is 2.